The molecule has 0 fully saturated rings. The Morgan fingerprint density at radius 1 is 0.636 bits per heavy atom. The number of rotatable bonds is 3. The normalized spacial score (nSPS) is 10.3. The van der Waals surface area contributed by atoms with Gasteiger partial charge in [-0.05, 0) is 31.0 Å². The van der Waals surface area contributed by atoms with E-state index in [2.05, 4.69) is 80.6 Å². The summed E-state index contributed by atoms with van der Waals surface area (Å²) in [6, 6.07) is 27.0. The van der Waals surface area contributed by atoms with E-state index in [0.29, 0.717) is 0 Å². The Labute approximate surface area is 132 Å². The van der Waals surface area contributed by atoms with Gasteiger partial charge in [-0.3, -0.25) is 0 Å². The lowest BCUT2D eigenvalue weighted by atomic mass is 10.0. The highest BCUT2D eigenvalue weighted by Gasteiger charge is 2.08. The van der Waals surface area contributed by atoms with E-state index in [1.54, 1.807) is 0 Å². The average molecular weight is 285 g/mol. The predicted molar refractivity (Wildman–Crippen MR) is 94.1 cm³/mol. The summed E-state index contributed by atoms with van der Waals surface area (Å²) in [4.78, 5) is 4.98. The summed E-state index contributed by atoms with van der Waals surface area (Å²) < 4.78 is 0. The third-order valence-electron chi connectivity index (χ3n) is 3.90. The molecule has 0 amide bonds. The second-order valence-corrected chi connectivity index (χ2v) is 5.41. The van der Waals surface area contributed by atoms with Gasteiger partial charge in [0.15, 0.2) is 0 Å². The van der Waals surface area contributed by atoms with Crippen LogP contribution in [-0.4, -0.2) is 5.71 Å². The summed E-state index contributed by atoms with van der Waals surface area (Å²) in [6.45, 7) is 4.25. The van der Waals surface area contributed by atoms with E-state index in [1.165, 1.54) is 11.1 Å². The third-order valence-corrected chi connectivity index (χ3v) is 3.90. The first-order valence-corrected chi connectivity index (χ1v) is 7.51. The van der Waals surface area contributed by atoms with Crippen LogP contribution in [0.2, 0.25) is 0 Å². The molecule has 3 aromatic carbocycles. The summed E-state index contributed by atoms with van der Waals surface area (Å²) in [5.41, 5.74) is 6.80. The van der Waals surface area contributed by atoms with Crippen molar-refractivity contribution in [1.29, 1.82) is 0 Å². The number of hydrogen-bond donors (Lipinski definition) is 0. The van der Waals surface area contributed by atoms with Gasteiger partial charge in [0.25, 0.3) is 0 Å². The molecule has 3 aromatic rings. The van der Waals surface area contributed by atoms with Crippen molar-refractivity contribution in [2.24, 2.45) is 4.99 Å². The topological polar surface area (TPSA) is 12.4 Å². The first kappa shape index (κ1) is 14.3. The Morgan fingerprint density at radius 2 is 1.18 bits per heavy atom. The number of aryl methyl sites for hydroxylation is 1. The second kappa shape index (κ2) is 6.40. The van der Waals surface area contributed by atoms with Crippen LogP contribution in [0.3, 0.4) is 0 Å². The van der Waals surface area contributed by atoms with E-state index in [-0.39, 0.29) is 0 Å². The van der Waals surface area contributed by atoms with Gasteiger partial charge in [0.2, 0.25) is 0 Å². The van der Waals surface area contributed by atoms with E-state index >= 15 is 0 Å². The van der Waals surface area contributed by atoms with E-state index in [1.807, 2.05) is 12.1 Å². The van der Waals surface area contributed by atoms with Crippen LogP contribution < -0.4 is 0 Å². The molecule has 0 saturated heterocycles. The first-order chi connectivity index (χ1) is 10.8. The molecule has 0 aliphatic carbocycles. The highest BCUT2D eigenvalue weighted by molar-refractivity contribution is 6.14. The van der Waals surface area contributed by atoms with Crippen LogP contribution in [-0.2, 0) is 0 Å². The Balaban J connectivity index is 2.18. The molecule has 0 spiro atoms. The summed E-state index contributed by atoms with van der Waals surface area (Å²) in [7, 11) is 0. The maximum Gasteiger partial charge on any atom is 0.0781 e. The Hall–Kier alpha value is -2.67. The van der Waals surface area contributed by atoms with E-state index < -0.39 is 0 Å². The van der Waals surface area contributed by atoms with Crippen LogP contribution in [0.25, 0.3) is 0 Å². The van der Waals surface area contributed by atoms with Gasteiger partial charge in [-0.1, -0.05) is 72.8 Å². The fourth-order valence-corrected chi connectivity index (χ4v) is 2.46. The minimum absolute atomic E-state index is 1.01. The van der Waals surface area contributed by atoms with Crippen molar-refractivity contribution in [3.63, 3.8) is 0 Å². The summed E-state index contributed by atoms with van der Waals surface area (Å²) >= 11 is 0. The lowest BCUT2D eigenvalue weighted by Crippen LogP contribution is -2.02. The Morgan fingerprint density at radius 3 is 1.73 bits per heavy atom. The maximum absolute atomic E-state index is 4.98. The van der Waals surface area contributed by atoms with Gasteiger partial charge in [0, 0.05) is 11.1 Å². The minimum atomic E-state index is 1.01. The van der Waals surface area contributed by atoms with Gasteiger partial charge in [0.1, 0.15) is 0 Å². The molecule has 22 heavy (non-hydrogen) atoms. The molecule has 0 atom stereocenters. The molecule has 0 radical (unpaired) electrons. The van der Waals surface area contributed by atoms with Crippen LogP contribution in [0.1, 0.15) is 22.3 Å². The summed E-state index contributed by atoms with van der Waals surface area (Å²) in [5.74, 6) is 0. The average Bonchev–Trinajstić information content (AvgIpc) is 2.58. The highest BCUT2D eigenvalue weighted by Crippen LogP contribution is 2.24. The van der Waals surface area contributed by atoms with Gasteiger partial charge < -0.3 is 0 Å². The lowest BCUT2D eigenvalue weighted by Gasteiger charge is -2.10. The van der Waals surface area contributed by atoms with Crippen molar-refractivity contribution in [3.8, 4) is 0 Å². The number of benzene rings is 3. The van der Waals surface area contributed by atoms with Crippen LogP contribution in [0.5, 0.6) is 0 Å². The summed E-state index contributed by atoms with van der Waals surface area (Å²) in [6.07, 6.45) is 0. The molecular weight excluding hydrogens is 266 g/mol. The quantitative estimate of drug-likeness (QED) is 0.566. The zero-order valence-corrected chi connectivity index (χ0v) is 13.0. The minimum Gasteiger partial charge on any atom is -0.248 e. The molecule has 0 aromatic heterocycles. The van der Waals surface area contributed by atoms with Crippen molar-refractivity contribution in [1.82, 2.24) is 0 Å². The molecule has 0 aliphatic rings. The molecule has 1 heteroatoms. The highest BCUT2D eigenvalue weighted by atomic mass is 14.8. The number of hydrogen-bond acceptors (Lipinski definition) is 1. The lowest BCUT2D eigenvalue weighted by molar-refractivity contribution is 1.31. The molecule has 0 N–H and O–H groups in total. The maximum atomic E-state index is 4.98. The second-order valence-electron chi connectivity index (χ2n) is 5.41. The Bertz CT molecular complexity index is 745. The monoisotopic (exact) mass is 285 g/mol. The van der Waals surface area contributed by atoms with E-state index in [0.717, 1.165) is 22.5 Å². The largest absolute Gasteiger partial charge is 0.248 e. The standard InChI is InChI=1S/C21H19N/c1-16-10-9-15-20(17(16)2)22-21(18-11-5-3-6-12-18)19-13-7-4-8-14-19/h3-15H,1-2H3. The summed E-state index contributed by atoms with van der Waals surface area (Å²) in [5, 5.41) is 0. The SMILES string of the molecule is Cc1cccc(N=C(c2ccccc2)c2ccccc2)c1C. The molecule has 0 aliphatic heterocycles. The van der Waals surface area contributed by atoms with Crippen LogP contribution in [0, 0.1) is 13.8 Å². The molecule has 3 rings (SSSR count). The van der Waals surface area contributed by atoms with Crippen molar-refractivity contribution in [2.45, 2.75) is 13.8 Å². The molecule has 108 valence electrons. The number of aliphatic imine (C=N–C) groups is 1. The molecule has 1 nitrogen and oxygen atoms in total. The third kappa shape index (κ3) is 2.99. The van der Waals surface area contributed by atoms with Gasteiger partial charge in [0.05, 0.1) is 11.4 Å². The molecule has 0 saturated carbocycles. The van der Waals surface area contributed by atoms with Crippen molar-refractivity contribution in [2.75, 3.05) is 0 Å². The van der Waals surface area contributed by atoms with Gasteiger partial charge in [-0.15, -0.1) is 0 Å². The zero-order valence-electron chi connectivity index (χ0n) is 13.0. The predicted octanol–water partition coefficient (Wildman–Crippen LogP) is 5.47. The molecular formula is C21H19N. The van der Waals surface area contributed by atoms with E-state index in [9.17, 15) is 0 Å². The van der Waals surface area contributed by atoms with Crippen LogP contribution in [0.15, 0.2) is 83.9 Å². The van der Waals surface area contributed by atoms with Crippen LogP contribution in [0.4, 0.5) is 5.69 Å². The molecule has 0 heterocycles. The molecule has 0 bridgehead atoms. The number of nitrogens with zero attached hydrogens (tertiary/aromatic N) is 1. The van der Waals surface area contributed by atoms with Crippen molar-refractivity contribution >= 4 is 11.4 Å². The van der Waals surface area contributed by atoms with E-state index in [4.69, 9.17) is 4.99 Å². The van der Waals surface area contributed by atoms with Gasteiger partial charge in [-0.2, -0.15) is 0 Å². The first-order valence-electron chi connectivity index (χ1n) is 7.51. The zero-order chi connectivity index (χ0) is 15.4. The smallest absolute Gasteiger partial charge is 0.0781 e. The van der Waals surface area contributed by atoms with Crippen molar-refractivity contribution < 1.29 is 0 Å². The van der Waals surface area contributed by atoms with Gasteiger partial charge >= 0.3 is 0 Å². The molecule has 0 unspecified atom stereocenters. The van der Waals surface area contributed by atoms with Crippen molar-refractivity contribution in [3.05, 3.63) is 101 Å². The fraction of sp³-hybridized carbons (Fsp3) is 0.0952. The van der Waals surface area contributed by atoms with Crippen LogP contribution >= 0.6 is 0 Å². The fourth-order valence-electron chi connectivity index (χ4n) is 2.46. The van der Waals surface area contributed by atoms with Gasteiger partial charge in [-0.25, -0.2) is 4.99 Å². The Kier molecular flexibility index (Phi) is 4.15.